The van der Waals surface area contributed by atoms with E-state index in [1.165, 1.54) is 19.1 Å². The standard InChI is InChI=1S/C25H27F3N2O6/c1-16(31)34-13-12-29-24(33)22(14-17-4-8-21(9-5-17)36-25(26,27)28)30-23(32)19-6-10-20(11-7-19)35-15-18-2-3-18/h4-11,18,22H,2-3,12-15H2,1H3,(H,29,33)(H,30,32). The van der Waals surface area contributed by atoms with Crippen molar-refractivity contribution in [2.75, 3.05) is 19.8 Å². The lowest BCUT2D eigenvalue weighted by Crippen LogP contribution is -2.48. The number of amides is 2. The second-order valence-electron chi connectivity index (χ2n) is 8.33. The van der Waals surface area contributed by atoms with Crippen LogP contribution in [0, 0.1) is 5.92 Å². The van der Waals surface area contributed by atoms with E-state index in [1.807, 2.05) is 0 Å². The molecule has 0 bridgehead atoms. The molecule has 2 amide bonds. The van der Waals surface area contributed by atoms with E-state index in [1.54, 1.807) is 24.3 Å². The molecule has 2 aromatic rings. The molecule has 1 fully saturated rings. The van der Waals surface area contributed by atoms with E-state index in [4.69, 9.17) is 9.47 Å². The molecule has 2 N–H and O–H groups in total. The maximum Gasteiger partial charge on any atom is 0.573 e. The van der Waals surface area contributed by atoms with E-state index in [9.17, 15) is 27.6 Å². The van der Waals surface area contributed by atoms with Crippen molar-refractivity contribution >= 4 is 17.8 Å². The second-order valence-corrected chi connectivity index (χ2v) is 8.33. The number of alkyl halides is 3. The third-order valence-corrected chi connectivity index (χ3v) is 5.22. The predicted octanol–water partition coefficient (Wildman–Crippen LogP) is 3.39. The zero-order chi connectivity index (χ0) is 26.1. The van der Waals surface area contributed by atoms with E-state index in [-0.39, 0.29) is 19.6 Å². The van der Waals surface area contributed by atoms with Gasteiger partial charge in [-0.2, -0.15) is 0 Å². The summed E-state index contributed by atoms with van der Waals surface area (Å²) in [6.45, 7) is 1.84. The molecular formula is C25H27F3N2O6. The fourth-order valence-electron chi connectivity index (χ4n) is 3.21. The van der Waals surface area contributed by atoms with E-state index in [0.717, 1.165) is 25.0 Å². The minimum Gasteiger partial charge on any atom is -0.493 e. The number of hydrogen-bond donors (Lipinski definition) is 2. The van der Waals surface area contributed by atoms with E-state index in [2.05, 4.69) is 15.4 Å². The lowest BCUT2D eigenvalue weighted by molar-refractivity contribution is -0.274. The topological polar surface area (TPSA) is 103 Å². The molecule has 1 aliphatic rings. The molecule has 1 aliphatic carbocycles. The molecular weight excluding hydrogens is 481 g/mol. The lowest BCUT2D eigenvalue weighted by atomic mass is 10.0. The first-order chi connectivity index (χ1) is 17.1. The van der Waals surface area contributed by atoms with Crippen LogP contribution in [-0.4, -0.2) is 49.9 Å². The van der Waals surface area contributed by atoms with Crippen molar-refractivity contribution in [1.82, 2.24) is 10.6 Å². The number of carbonyl (C=O) groups excluding carboxylic acids is 3. The van der Waals surface area contributed by atoms with Gasteiger partial charge in [-0.3, -0.25) is 14.4 Å². The number of ether oxygens (including phenoxy) is 3. The Bertz CT molecular complexity index is 1040. The Balaban J connectivity index is 1.64. The molecule has 1 atom stereocenters. The fourth-order valence-corrected chi connectivity index (χ4v) is 3.21. The molecule has 0 spiro atoms. The Hall–Kier alpha value is -3.76. The molecule has 36 heavy (non-hydrogen) atoms. The van der Waals surface area contributed by atoms with Gasteiger partial charge in [0.25, 0.3) is 5.91 Å². The van der Waals surface area contributed by atoms with Gasteiger partial charge in [0.05, 0.1) is 13.2 Å². The summed E-state index contributed by atoms with van der Waals surface area (Å²) in [4.78, 5) is 36.5. The van der Waals surface area contributed by atoms with Gasteiger partial charge in [0.1, 0.15) is 24.1 Å². The van der Waals surface area contributed by atoms with Crippen LogP contribution in [0.5, 0.6) is 11.5 Å². The average molecular weight is 508 g/mol. The Kier molecular flexibility index (Phi) is 9.15. The normalized spacial score (nSPS) is 13.9. The van der Waals surface area contributed by atoms with Gasteiger partial charge in [-0.15, -0.1) is 13.2 Å². The second kappa shape index (κ2) is 12.3. The van der Waals surface area contributed by atoms with Gasteiger partial charge >= 0.3 is 12.3 Å². The summed E-state index contributed by atoms with van der Waals surface area (Å²) in [5.74, 6) is -0.737. The molecule has 1 saturated carbocycles. The number of carbonyl (C=O) groups is 3. The van der Waals surface area contributed by atoms with Gasteiger partial charge in [0.2, 0.25) is 5.91 Å². The first-order valence-corrected chi connectivity index (χ1v) is 11.4. The zero-order valence-corrected chi connectivity index (χ0v) is 19.6. The van der Waals surface area contributed by atoms with Gasteiger partial charge in [0.15, 0.2) is 0 Å². The summed E-state index contributed by atoms with van der Waals surface area (Å²) < 4.78 is 51.5. The highest BCUT2D eigenvalue weighted by atomic mass is 19.4. The van der Waals surface area contributed by atoms with Gasteiger partial charge in [0, 0.05) is 18.9 Å². The maximum absolute atomic E-state index is 12.8. The largest absolute Gasteiger partial charge is 0.573 e. The minimum absolute atomic E-state index is 0.0000196. The molecule has 11 heteroatoms. The summed E-state index contributed by atoms with van der Waals surface area (Å²) in [6, 6.07) is 10.5. The Morgan fingerprint density at radius 2 is 1.64 bits per heavy atom. The van der Waals surface area contributed by atoms with Crippen LogP contribution in [0.15, 0.2) is 48.5 Å². The third kappa shape index (κ3) is 9.47. The summed E-state index contributed by atoms with van der Waals surface area (Å²) in [5.41, 5.74) is 0.800. The van der Waals surface area contributed by atoms with Crippen LogP contribution in [0.25, 0.3) is 0 Å². The van der Waals surface area contributed by atoms with E-state index >= 15 is 0 Å². The van der Waals surface area contributed by atoms with E-state index < -0.39 is 35.9 Å². The van der Waals surface area contributed by atoms with Crippen molar-refractivity contribution in [3.05, 3.63) is 59.7 Å². The highest BCUT2D eigenvalue weighted by molar-refractivity contribution is 5.97. The number of benzene rings is 2. The first-order valence-electron chi connectivity index (χ1n) is 11.4. The molecule has 3 rings (SSSR count). The van der Waals surface area contributed by atoms with Crippen molar-refractivity contribution in [2.45, 2.75) is 38.6 Å². The summed E-state index contributed by atoms with van der Waals surface area (Å²) >= 11 is 0. The van der Waals surface area contributed by atoms with Gasteiger partial charge in [-0.1, -0.05) is 12.1 Å². The van der Waals surface area contributed by atoms with Crippen LogP contribution >= 0.6 is 0 Å². The molecule has 194 valence electrons. The van der Waals surface area contributed by atoms with Crippen LogP contribution in [0.3, 0.4) is 0 Å². The quantitative estimate of drug-likeness (QED) is 0.337. The van der Waals surface area contributed by atoms with Crippen molar-refractivity contribution in [3.8, 4) is 11.5 Å². The summed E-state index contributed by atoms with van der Waals surface area (Å²) in [5, 5.41) is 5.23. The molecule has 0 aliphatic heterocycles. The predicted molar refractivity (Wildman–Crippen MR) is 122 cm³/mol. The smallest absolute Gasteiger partial charge is 0.493 e. The average Bonchev–Trinajstić information content (AvgIpc) is 3.65. The summed E-state index contributed by atoms with van der Waals surface area (Å²) in [7, 11) is 0. The highest BCUT2D eigenvalue weighted by Crippen LogP contribution is 2.29. The number of nitrogens with one attached hydrogen (secondary N) is 2. The third-order valence-electron chi connectivity index (χ3n) is 5.22. The number of rotatable bonds is 12. The van der Waals surface area contributed by atoms with Crippen LogP contribution in [0.1, 0.15) is 35.7 Å². The Labute approximate surface area is 206 Å². The Morgan fingerprint density at radius 1 is 1.00 bits per heavy atom. The zero-order valence-electron chi connectivity index (χ0n) is 19.6. The molecule has 0 saturated heterocycles. The van der Waals surface area contributed by atoms with Crippen LogP contribution < -0.4 is 20.1 Å². The monoisotopic (exact) mass is 508 g/mol. The van der Waals surface area contributed by atoms with Crippen molar-refractivity contribution in [1.29, 1.82) is 0 Å². The van der Waals surface area contributed by atoms with E-state index in [0.29, 0.717) is 29.4 Å². The number of hydrogen-bond acceptors (Lipinski definition) is 6. The molecule has 2 aromatic carbocycles. The molecule has 8 nitrogen and oxygen atoms in total. The van der Waals surface area contributed by atoms with Crippen LogP contribution in [0.2, 0.25) is 0 Å². The van der Waals surface area contributed by atoms with Crippen LogP contribution in [0.4, 0.5) is 13.2 Å². The molecule has 0 heterocycles. The SMILES string of the molecule is CC(=O)OCCNC(=O)C(Cc1ccc(OC(F)(F)F)cc1)NC(=O)c1ccc(OCC2CC2)cc1. The maximum atomic E-state index is 12.8. The molecule has 1 unspecified atom stereocenters. The van der Waals surface area contributed by atoms with Crippen LogP contribution in [-0.2, 0) is 20.7 Å². The van der Waals surface area contributed by atoms with Crippen molar-refractivity contribution in [2.24, 2.45) is 5.92 Å². The lowest BCUT2D eigenvalue weighted by Gasteiger charge is -2.19. The summed E-state index contributed by atoms with van der Waals surface area (Å²) in [6.07, 6.45) is -2.51. The molecule has 0 aromatic heterocycles. The highest BCUT2D eigenvalue weighted by Gasteiger charge is 2.31. The van der Waals surface area contributed by atoms with Gasteiger partial charge in [-0.05, 0) is 60.7 Å². The fraction of sp³-hybridized carbons (Fsp3) is 0.400. The number of halogens is 3. The molecule has 0 radical (unpaired) electrons. The minimum atomic E-state index is -4.82. The van der Waals surface area contributed by atoms with Crippen molar-refractivity contribution < 1.29 is 41.8 Å². The first kappa shape index (κ1) is 26.8. The van der Waals surface area contributed by atoms with Gasteiger partial charge in [-0.25, -0.2) is 0 Å². The van der Waals surface area contributed by atoms with Gasteiger partial charge < -0.3 is 24.8 Å². The number of esters is 1. The Morgan fingerprint density at radius 3 is 2.22 bits per heavy atom. The van der Waals surface area contributed by atoms with Crippen molar-refractivity contribution in [3.63, 3.8) is 0 Å².